The maximum atomic E-state index is 12.3. The summed E-state index contributed by atoms with van der Waals surface area (Å²) in [5, 5.41) is 3.78. The lowest BCUT2D eigenvalue weighted by molar-refractivity contribution is -0.120. The topological polar surface area (TPSA) is 58.4 Å². The monoisotopic (exact) mass is 365 g/mol. The van der Waals surface area contributed by atoms with Gasteiger partial charge >= 0.3 is 0 Å². The van der Waals surface area contributed by atoms with Crippen LogP contribution in [0.4, 0.5) is 5.69 Å². The molecule has 0 saturated carbocycles. The zero-order chi connectivity index (χ0) is 15.6. The number of benzene rings is 1. The second-order valence-electron chi connectivity index (χ2n) is 6.03. The highest BCUT2D eigenvalue weighted by molar-refractivity contribution is 6.42. The predicted molar refractivity (Wildman–Crippen MR) is 95.2 cm³/mol. The molecule has 2 unspecified atom stereocenters. The van der Waals surface area contributed by atoms with E-state index in [2.05, 4.69) is 17.1 Å². The van der Waals surface area contributed by atoms with E-state index in [4.69, 9.17) is 28.9 Å². The molecule has 1 aromatic rings. The van der Waals surface area contributed by atoms with Crippen molar-refractivity contribution in [2.45, 2.75) is 26.3 Å². The minimum Gasteiger partial charge on any atom is -0.330 e. The van der Waals surface area contributed by atoms with E-state index in [-0.39, 0.29) is 29.8 Å². The van der Waals surface area contributed by atoms with Gasteiger partial charge in [-0.3, -0.25) is 9.69 Å². The molecule has 3 N–H and O–H groups in total. The molecular weight excluding hydrogens is 345 g/mol. The molecule has 1 aromatic carbocycles. The van der Waals surface area contributed by atoms with Crippen LogP contribution in [0.3, 0.4) is 0 Å². The summed E-state index contributed by atoms with van der Waals surface area (Å²) in [7, 11) is 0. The van der Waals surface area contributed by atoms with E-state index < -0.39 is 0 Å². The Morgan fingerprint density at radius 2 is 2.14 bits per heavy atom. The molecule has 7 heteroatoms. The number of likely N-dealkylation sites (tertiary alicyclic amines) is 1. The Labute approximate surface area is 147 Å². The highest BCUT2D eigenvalue weighted by Gasteiger charge is 2.36. The maximum Gasteiger partial charge on any atom is 0.241 e. The molecule has 0 bridgehead atoms. The summed E-state index contributed by atoms with van der Waals surface area (Å²) in [5.41, 5.74) is 6.57. The van der Waals surface area contributed by atoms with Gasteiger partial charge in [0, 0.05) is 12.2 Å². The number of rotatable bonds is 4. The van der Waals surface area contributed by atoms with Crippen LogP contribution in [0.5, 0.6) is 0 Å². The zero-order valence-electron chi connectivity index (χ0n) is 12.7. The third kappa shape index (κ3) is 4.49. The highest BCUT2D eigenvalue weighted by Crippen LogP contribution is 2.30. The second kappa shape index (κ2) is 7.84. The van der Waals surface area contributed by atoms with Gasteiger partial charge in [-0.15, -0.1) is 12.4 Å². The van der Waals surface area contributed by atoms with Gasteiger partial charge in [-0.1, -0.05) is 30.1 Å². The van der Waals surface area contributed by atoms with E-state index >= 15 is 0 Å². The lowest BCUT2D eigenvalue weighted by atomic mass is 9.90. The molecule has 124 valence electrons. The first-order valence-electron chi connectivity index (χ1n) is 7.05. The summed E-state index contributed by atoms with van der Waals surface area (Å²) in [6, 6.07) is 4.87. The van der Waals surface area contributed by atoms with Gasteiger partial charge in [0.05, 0.1) is 16.1 Å². The fraction of sp³-hybridized carbons (Fsp3) is 0.533. The first kappa shape index (κ1) is 19.5. The molecule has 0 aromatic heterocycles. The first-order valence-corrected chi connectivity index (χ1v) is 7.80. The van der Waals surface area contributed by atoms with Crippen molar-refractivity contribution in [1.82, 2.24) is 4.90 Å². The van der Waals surface area contributed by atoms with E-state index in [0.717, 1.165) is 19.5 Å². The smallest absolute Gasteiger partial charge is 0.241 e. The molecule has 0 radical (unpaired) electrons. The third-order valence-electron chi connectivity index (χ3n) is 4.19. The number of nitrogens with one attached hydrogen (secondary N) is 1. The minimum atomic E-state index is -0.201. The van der Waals surface area contributed by atoms with Crippen molar-refractivity contribution >= 4 is 47.2 Å². The zero-order valence-corrected chi connectivity index (χ0v) is 15.1. The molecular formula is C15H22Cl3N3O. The summed E-state index contributed by atoms with van der Waals surface area (Å²) < 4.78 is 0. The fourth-order valence-electron chi connectivity index (χ4n) is 2.55. The highest BCUT2D eigenvalue weighted by atomic mass is 35.5. The summed E-state index contributed by atoms with van der Waals surface area (Å²) in [6.45, 7) is 6.46. The molecule has 4 nitrogen and oxygen atoms in total. The molecule has 2 atom stereocenters. The van der Waals surface area contributed by atoms with Gasteiger partial charge in [0.15, 0.2) is 0 Å². The molecule has 22 heavy (non-hydrogen) atoms. The van der Waals surface area contributed by atoms with Gasteiger partial charge in [-0.2, -0.15) is 0 Å². The maximum absolute atomic E-state index is 12.3. The Hall–Kier alpha value is -0.520. The van der Waals surface area contributed by atoms with E-state index in [0.29, 0.717) is 22.3 Å². The van der Waals surface area contributed by atoms with Crippen molar-refractivity contribution in [3.05, 3.63) is 28.2 Å². The number of amides is 1. The van der Waals surface area contributed by atoms with Crippen molar-refractivity contribution in [1.29, 1.82) is 0 Å². The van der Waals surface area contributed by atoms with E-state index in [9.17, 15) is 4.79 Å². The normalized spacial score (nSPS) is 23.0. The van der Waals surface area contributed by atoms with E-state index in [1.54, 1.807) is 18.2 Å². The second-order valence-corrected chi connectivity index (χ2v) is 6.84. The number of hydrogen-bond donors (Lipinski definition) is 2. The lowest BCUT2D eigenvalue weighted by Crippen LogP contribution is -2.42. The summed E-state index contributed by atoms with van der Waals surface area (Å²) in [5.74, 6) is -0.0466. The number of hydrogen-bond acceptors (Lipinski definition) is 3. The van der Waals surface area contributed by atoms with Crippen LogP contribution < -0.4 is 11.1 Å². The van der Waals surface area contributed by atoms with E-state index in [1.807, 2.05) is 6.92 Å². The van der Waals surface area contributed by atoms with Crippen LogP contribution in [0.25, 0.3) is 0 Å². The quantitative estimate of drug-likeness (QED) is 0.858. The van der Waals surface area contributed by atoms with Crippen molar-refractivity contribution in [3.8, 4) is 0 Å². The van der Waals surface area contributed by atoms with Crippen molar-refractivity contribution in [3.63, 3.8) is 0 Å². The molecule has 1 heterocycles. The summed E-state index contributed by atoms with van der Waals surface area (Å²) in [6.07, 6.45) is 1.02. The molecule has 0 spiro atoms. The van der Waals surface area contributed by atoms with Gasteiger partial charge in [0.1, 0.15) is 0 Å². The third-order valence-corrected chi connectivity index (χ3v) is 4.93. The molecule has 0 aliphatic carbocycles. The molecule has 1 fully saturated rings. The summed E-state index contributed by atoms with van der Waals surface area (Å²) >= 11 is 11.8. The van der Waals surface area contributed by atoms with Crippen LogP contribution in [0, 0.1) is 5.41 Å². The largest absolute Gasteiger partial charge is 0.330 e. The Morgan fingerprint density at radius 3 is 2.68 bits per heavy atom. The van der Waals surface area contributed by atoms with Crippen molar-refractivity contribution < 1.29 is 4.79 Å². The number of anilines is 1. The Balaban J connectivity index is 0.00000242. The van der Waals surface area contributed by atoms with Crippen molar-refractivity contribution in [2.24, 2.45) is 11.1 Å². The van der Waals surface area contributed by atoms with Crippen LogP contribution in [0.15, 0.2) is 18.2 Å². The van der Waals surface area contributed by atoms with Crippen LogP contribution in [-0.4, -0.2) is 36.5 Å². The predicted octanol–water partition coefficient (Wildman–Crippen LogP) is 3.41. The first-order chi connectivity index (χ1) is 9.84. The van der Waals surface area contributed by atoms with Gasteiger partial charge < -0.3 is 11.1 Å². The standard InChI is InChI=1S/C15H21Cl2N3O.ClH/c1-10(20-6-5-15(2,8-18)9-20)14(21)19-11-3-4-12(16)13(17)7-11;/h3-4,7,10H,5-6,8-9,18H2,1-2H3,(H,19,21);1H. The molecule has 1 saturated heterocycles. The van der Waals surface area contributed by atoms with Gasteiger partial charge in [0.2, 0.25) is 5.91 Å². The van der Waals surface area contributed by atoms with Crippen LogP contribution in [0.1, 0.15) is 20.3 Å². The number of halogens is 3. The van der Waals surface area contributed by atoms with E-state index in [1.165, 1.54) is 0 Å². The number of nitrogens with zero attached hydrogens (tertiary/aromatic N) is 1. The average Bonchev–Trinajstić information content (AvgIpc) is 2.85. The fourth-order valence-corrected chi connectivity index (χ4v) is 2.84. The minimum absolute atomic E-state index is 0. The SMILES string of the molecule is CC(C(=O)Nc1ccc(Cl)c(Cl)c1)N1CCC(C)(CN)C1.Cl. The molecule has 1 amide bonds. The van der Waals surface area contributed by atoms with Crippen molar-refractivity contribution in [2.75, 3.05) is 25.0 Å². The average molecular weight is 367 g/mol. The number of carbonyl (C=O) groups is 1. The number of carbonyl (C=O) groups excluding carboxylic acids is 1. The van der Waals surface area contributed by atoms with Crippen LogP contribution >= 0.6 is 35.6 Å². The van der Waals surface area contributed by atoms with Gasteiger partial charge in [-0.05, 0) is 50.0 Å². The Morgan fingerprint density at radius 1 is 1.45 bits per heavy atom. The van der Waals surface area contributed by atoms with Crippen LogP contribution in [0.2, 0.25) is 10.0 Å². The van der Waals surface area contributed by atoms with Crippen LogP contribution in [-0.2, 0) is 4.79 Å². The molecule has 2 rings (SSSR count). The van der Waals surface area contributed by atoms with Gasteiger partial charge in [-0.25, -0.2) is 0 Å². The number of nitrogens with two attached hydrogens (primary N) is 1. The summed E-state index contributed by atoms with van der Waals surface area (Å²) in [4.78, 5) is 14.5. The lowest BCUT2D eigenvalue weighted by Gasteiger charge is -2.26. The molecule has 1 aliphatic heterocycles. The Kier molecular flexibility index (Phi) is 6.96. The van der Waals surface area contributed by atoms with Gasteiger partial charge in [0.25, 0.3) is 0 Å². The molecule has 1 aliphatic rings. The Bertz CT molecular complexity index is 541.